The van der Waals surface area contributed by atoms with Crippen molar-refractivity contribution in [2.24, 2.45) is 9.98 Å². The van der Waals surface area contributed by atoms with Gasteiger partial charge in [-0.2, -0.15) is 0 Å². The maximum atomic E-state index is 6.47. The van der Waals surface area contributed by atoms with Crippen LogP contribution in [0, 0.1) is 0 Å². The molecule has 1 aliphatic heterocycles. The van der Waals surface area contributed by atoms with Gasteiger partial charge < -0.3 is 9.73 Å². The molecular formula is C45H29N3O. The molecule has 0 saturated carbocycles. The van der Waals surface area contributed by atoms with Gasteiger partial charge >= 0.3 is 0 Å². The first-order valence-electron chi connectivity index (χ1n) is 16.6. The van der Waals surface area contributed by atoms with Crippen molar-refractivity contribution in [1.82, 2.24) is 5.32 Å². The van der Waals surface area contributed by atoms with Crippen LogP contribution in [0.5, 0.6) is 0 Å². The Morgan fingerprint density at radius 1 is 0.449 bits per heavy atom. The van der Waals surface area contributed by atoms with E-state index >= 15 is 0 Å². The Labute approximate surface area is 282 Å². The van der Waals surface area contributed by atoms with E-state index in [0.29, 0.717) is 5.84 Å². The SMILES string of the molecule is c1ccc(C2=NC(c3cccc4oc5ccc(-c6ccc7ccc8ccccc8c7c6)cc5c34)NC(c3ccc4ccccc4c3)=N2)cc1. The summed E-state index contributed by atoms with van der Waals surface area (Å²) in [6, 6.07) is 57.6. The molecule has 0 aliphatic carbocycles. The van der Waals surface area contributed by atoms with Gasteiger partial charge in [-0.05, 0) is 73.8 Å². The minimum Gasteiger partial charge on any atom is -0.456 e. The van der Waals surface area contributed by atoms with Gasteiger partial charge in [-0.1, -0.05) is 133 Å². The van der Waals surface area contributed by atoms with Crippen LogP contribution >= 0.6 is 0 Å². The molecule has 9 aromatic rings. The standard InChI is InChI=1S/C45H29N3O/c1-2-11-31(12-3-1)43-46-44(35-22-17-28-9-4-5-13-32(28)25-35)48-45(47-43)37-15-8-16-41-42(37)39-27-34(23-24-40(39)49-41)33-21-20-30-19-18-29-10-6-7-14-36(29)38(30)26-33/h1-27,45H,(H,46,47,48). The topological polar surface area (TPSA) is 49.9 Å². The van der Waals surface area contributed by atoms with Crippen molar-refractivity contribution in [2.45, 2.75) is 6.17 Å². The number of nitrogens with zero attached hydrogens (tertiary/aromatic N) is 2. The summed E-state index contributed by atoms with van der Waals surface area (Å²) in [5, 5.41) is 13.2. The first kappa shape index (κ1) is 27.6. The summed E-state index contributed by atoms with van der Waals surface area (Å²) in [4.78, 5) is 10.3. The Balaban J connectivity index is 1.13. The molecule has 0 radical (unpaired) electrons. The average molecular weight is 628 g/mol. The summed E-state index contributed by atoms with van der Waals surface area (Å²) in [6.07, 6.45) is -0.380. The maximum Gasteiger partial charge on any atom is 0.159 e. The Kier molecular flexibility index (Phi) is 6.21. The van der Waals surface area contributed by atoms with Gasteiger partial charge in [0.25, 0.3) is 0 Å². The molecular weight excluding hydrogens is 599 g/mol. The second-order valence-corrected chi connectivity index (χ2v) is 12.6. The summed E-state index contributed by atoms with van der Waals surface area (Å²) < 4.78 is 6.47. The van der Waals surface area contributed by atoms with E-state index in [9.17, 15) is 0 Å². The van der Waals surface area contributed by atoms with E-state index in [1.165, 1.54) is 37.9 Å². The van der Waals surface area contributed by atoms with Gasteiger partial charge in [0.05, 0.1) is 0 Å². The number of nitrogens with one attached hydrogen (secondary N) is 1. The van der Waals surface area contributed by atoms with Gasteiger partial charge in [0.15, 0.2) is 5.84 Å². The van der Waals surface area contributed by atoms with Crippen molar-refractivity contribution in [3.8, 4) is 11.1 Å². The fourth-order valence-corrected chi connectivity index (χ4v) is 7.25. The zero-order valence-electron chi connectivity index (χ0n) is 26.5. The fourth-order valence-electron chi connectivity index (χ4n) is 7.25. The molecule has 1 unspecified atom stereocenters. The molecule has 2 heterocycles. The maximum absolute atomic E-state index is 6.47. The van der Waals surface area contributed by atoms with Crippen LogP contribution in [0.2, 0.25) is 0 Å². The zero-order chi connectivity index (χ0) is 32.3. The van der Waals surface area contributed by atoms with E-state index in [0.717, 1.165) is 50.0 Å². The molecule has 0 spiro atoms. The minimum atomic E-state index is -0.380. The molecule has 0 bridgehead atoms. The van der Waals surface area contributed by atoms with Crippen LogP contribution in [0.25, 0.3) is 65.4 Å². The molecule has 0 saturated heterocycles. The highest BCUT2D eigenvalue weighted by Crippen LogP contribution is 2.38. The third-order valence-corrected chi connectivity index (χ3v) is 9.70. The molecule has 10 rings (SSSR count). The number of hydrogen-bond donors (Lipinski definition) is 1. The van der Waals surface area contributed by atoms with Gasteiger partial charge in [-0.25, -0.2) is 9.98 Å². The molecule has 49 heavy (non-hydrogen) atoms. The molecule has 4 nitrogen and oxygen atoms in total. The summed E-state index contributed by atoms with van der Waals surface area (Å²) in [7, 11) is 0. The number of aliphatic imine (C=N–C) groups is 2. The molecule has 230 valence electrons. The van der Waals surface area contributed by atoms with E-state index in [1.807, 2.05) is 24.3 Å². The normalized spacial score (nSPS) is 14.7. The predicted octanol–water partition coefficient (Wildman–Crippen LogP) is 11.2. The summed E-state index contributed by atoms with van der Waals surface area (Å²) >= 11 is 0. The second-order valence-electron chi connectivity index (χ2n) is 12.6. The van der Waals surface area contributed by atoms with Crippen LogP contribution in [0.3, 0.4) is 0 Å². The lowest BCUT2D eigenvalue weighted by atomic mass is 9.96. The van der Waals surface area contributed by atoms with Crippen LogP contribution in [0.4, 0.5) is 0 Å². The van der Waals surface area contributed by atoms with Gasteiger partial charge in [0.2, 0.25) is 0 Å². The Hall–Kier alpha value is -6.52. The number of furan rings is 1. The third-order valence-electron chi connectivity index (χ3n) is 9.70. The molecule has 1 atom stereocenters. The van der Waals surface area contributed by atoms with Crippen molar-refractivity contribution in [3.05, 3.63) is 180 Å². The van der Waals surface area contributed by atoms with Crippen molar-refractivity contribution in [3.63, 3.8) is 0 Å². The molecule has 1 aliphatic rings. The molecule has 4 heteroatoms. The van der Waals surface area contributed by atoms with E-state index in [1.54, 1.807) is 0 Å². The summed E-state index contributed by atoms with van der Waals surface area (Å²) in [5.74, 6) is 1.49. The molecule has 0 amide bonds. The minimum absolute atomic E-state index is 0.380. The first-order chi connectivity index (χ1) is 24.2. The van der Waals surface area contributed by atoms with Crippen LogP contribution in [-0.4, -0.2) is 11.7 Å². The molecule has 1 aromatic heterocycles. The zero-order valence-corrected chi connectivity index (χ0v) is 26.5. The Bertz CT molecular complexity index is 2810. The highest BCUT2D eigenvalue weighted by atomic mass is 16.3. The predicted molar refractivity (Wildman–Crippen MR) is 204 cm³/mol. The van der Waals surface area contributed by atoms with Gasteiger partial charge in [0, 0.05) is 27.5 Å². The van der Waals surface area contributed by atoms with Crippen molar-refractivity contribution in [2.75, 3.05) is 0 Å². The number of benzene rings is 8. The lowest BCUT2D eigenvalue weighted by Crippen LogP contribution is -2.33. The van der Waals surface area contributed by atoms with Crippen molar-refractivity contribution in [1.29, 1.82) is 0 Å². The van der Waals surface area contributed by atoms with Crippen molar-refractivity contribution < 1.29 is 4.42 Å². The van der Waals surface area contributed by atoms with E-state index in [4.69, 9.17) is 14.4 Å². The average Bonchev–Trinajstić information content (AvgIpc) is 3.56. The smallest absolute Gasteiger partial charge is 0.159 e. The van der Waals surface area contributed by atoms with Crippen LogP contribution in [0.15, 0.2) is 178 Å². The Morgan fingerprint density at radius 2 is 1.12 bits per heavy atom. The summed E-state index contributed by atoms with van der Waals surface area (Å²) in [6.45, 7) is 0. The molecule has 1 N–H and O–H groups in total. The van der Waals surface area contributed by atoms with Crippen molar-refractivity contribution >= 4 is 65.9 Å². The van der Waals surface area contributed by atoms with E-state index in [-0.39, 0.29) is 6.17 Å². The number of hydrogen-bond acceptors (Lipinski definition) is 4. The van der Waals surface area contributed by atoms with Gasteiger partial charge in [0.1, 0.15) is 23.2 Å². The monoisotopic (exact) mass is 627 g/mol. The molecule has 8 aromatic carbocycles. The summed E-state index contributed by atoms with van der Waals surface area (Å²) in [5.41, 5.74) is 7.03. The number of amidine groups is 2. The second kappa shape index (κ2) is 11.0. The highest BCUT2D eigenvalue weighted by Gasteiger charge is 2.25. The van der Waals surface area contributed by atoms with Crippen LogP contribution in [0.1, 0.15) is 22.9 Å². The number of fused-ring (bicyclic) bond motifs is 7. The highest BCUT2D eigenvalue weighted by molar-refractivity contribution is 6.15. The quantitative estimate of drug-likeness (QED) is 0.197. The van der Waals surface area contributed by atoms with Crippen LogP contribution < -0.4 is 5.32 Å². The number of rotatable bonds is 4. The molecule has 0 fully saturated rings. The van der Waals surface area contributed by atoms with E-state index < -0.39 is 0 Å². The lowest BCUT2D eigenvalue weighted by molar-refractivity contribution is 0.662. The lowest BCUT2D eigenvalue weighted by Gasteiger charge is -2.24. The third kappa shape index (κ3) is 4.68. The van der Waals surface area contributed by atoms with Crippen LogP contribution in [-0.2, 0) is 0 Å². The van der Waals surface area contributed by atoms with E-state index in [2.05, 4.69) is 145 Å². The first-order valence-corrected chi connectivity index (χ1v) is 16.6. The largest absolute Gasteiger partial charge is 0.456 e. The van der Waals surface area contributed by atoms with Gasteiger partial charge in [-0.3, -0.25) is 0 Å². The Morgan fingerprint density at radius 3 is 2.00 bits per heavy atom. The van der Waals surface area contributed by atoms with Gasteiger partial charge in [-0.15, -0.1) is 0 Å². The fraction of sp³-hybridized carbons (Fsp3) is 0.0222.